The molecule has 2 aromatic carbocycles. The van der Waals surface area contributed by atoms with Crippen molar-refractivity contribution < 1.29 is 14.0 Å². The monoisotopic (exact) mass is 498 g/mol. The maximum atomic E-state index is 13.2. The average molecular weight is 499 g/mol. The third-order valence-corrected chi connectivity index (χ3v) is 6.71. The zero-order chi connectivity index (χ0) is 23.5. The van der Waals surface area contributed by atoms with Gasteiger partial charge in [0.25, 0.3) is 0 Å². The standard InChI is InChI=1S/C24H29Cl2FN2O2S/c1-3-5-13-28-24(31)22(4-2)29(14-19-20(25)7-6-8-21(19)26)23(30)16-32-15-17-9-11-18(27)12-10-17/h6-12,22H,3-5,13-16H2,1-2H3,(H,28,31)/t22-/m1/s1. The van der Waals surface area contributed by atoms with Gasteiger partial charge in [-0.15, -0.1) is 11.8 Å². The number of carbonyl (C=O) groups excluding carboxylic acids is 2. The van der Waals surface area contributed by atoms with Crippen LogP contribution in [0, 0.1) is 5.82 Å². The zero-order valence-corrected chi connectivity index (χ0v) is 20.7. The summed E-state index contributed by atoms with van der Waals surface area (Å²) in [5, 5.41) is 3.84. The Kier molecular flexibility index (Phi) is 11.4. The molecule has 0 aliphatic heterocycles. The lowest BCUT2D eigenvalue weighted by Crippen LogP contribution is -2.49. The summed E-state index contributed by atoms with van der Waals surface area (Å²) < 4.78 is 13.1. The predicted molar refractivity (Wildman–Crippen MR) is 132 cm³/mol. The zero-order valence-electron chi connectivity index (χ0n) is 18.4. The van der Waals surface area contributed by atoms with Gasteiger partial charge >= 0.3 is 0 Å². The van der Waals surface area contributed by atoms with Crippen LogP contribution in [-0.2, 0) is 21.9 Å². The van der Waals surface area contributed by atoms with Gasteiger partial charge in [-0.3, -0.25) is 9.59 Å². The molecule has 0 saturated carbocycles. The lowest BCUT2D eigenvalue weighted by Gasteiger charge is -2.31. The van der Waals surface area contributed by atoms with E-state index in [-0.39, 0.29) is 29.9 Å². The molecule has 0 unspecified atom stereocenters. The highest BCUT2D eigenvalue weighted by Gasteiger charge is 2.29. The number of hydrogen-bond acceptors (Lipinski definition) is 3. The molecule has 174 valence electrons. The molecule has 0 fully saturated rings. The molecule has 32 heavy (non-hydrogen) atoms. The fourth-order valence-corrected chi connectivity index (χ4v) is 4.59. The molecule has 1 N–H and O–H groups in total. The van der Waals surface area contributed by atoms with Crippen LogP contribution >= 0.6 is 35.0 Å². The van der Waals surface area contributed by atoms with Crippen LogP contribution < -0.4 is 5.32 Å². The second kappa shape index (κ2) is 13.7. The van der Waals surface area contributed by atoms with E-state index in [0.717, 1.165) is 18.4 Å². The first-order valence-electron chi connectivity index (χ1n) is 10.7. The van der Waals surface area contributed by atoms with Crippen LogP contribution in [0.5, 0.6) is 0 Å². The molecule has 2 amide bonds. The third-order valence-electron chi connectivity index (χ3n) is 5.01. The van der Waals surface area contributed by atoms with Crippen LogP contribution in [0.1, 0.15) is 44.2 Å². The first-order valence-corrected chi connectivity index (χ1v) is 12.6. The van der Waals surface area contributed by atoms with Gasteiger partial charge in [0.2, 0.25) is 11.8 Å². The highest BCUT2D eigenvalue weighted by molar-refractivity contribution is 7.99. The molecule has 0 aliphatic rings. The maximum absolute atomic E-state index is 13.2. The van der Waals surface area contributed by atoms with Crippen molar-refractivity contribution in [2.24, 2.45) is 0 Å². The first-order chi connectivity index (χ1) is 15.4. The predicted octanol–water partition coefficient (Wildman–Crippen LogP) is 6.09. The Morgan fingerprint density at radius 3 is 2.34 bits per heavy atom. The van der Waals surface area contributed by atoms with Gasteiger partial charge in [-0.05, 0) is 42.7 Å². The fourth-order valence-electron chi connectivity index (χ4n) is 3.20. The SMILES string of the molecule is CCCCNC(=O)[C@@H](CC)N(Cc1c(Cl)cccc1Cl)C(=O)CSCc1ccc(F)cc1. The Bertz CT molecular complexity index is 876. The van der Waals surface area contributed by atoms with Crippen molar-refractivity contribution in [3.8, 4) is 0 Å². The van der Waals surface area contributed by atoms with E-state index in [9.17, 15) is 14.0 Å². The van der Waals surface area contributed by atoms with Crippen molar-refractivity contribution in [1.82, 2.24) is 10.2 Å². The first kappa shape index (κ1) is 26.5. The molecule has 0 aliphatic carbocycles. The Morgan fingerprint density at radius 1 is 1.09 bits per heavy atom. The van der Waals surface area contributed by atoms with Crippen LogP contribution in [-0.4, -0.2) is 35.1 Å². The Hall–Kier alpha value is -1.76. The number of carbonyl (C=O) groups is 2. The number of rotatable bonds is 12. The molecular weight excluding hydrogens is 470 g/mol. The molecule has 0 aromatic heterocycles. The highest BCUT2D eigenvalue weighted by Crippen LogP contribution is 2.27. The molecular formula is C24H29Cl2FN2O2S. The number of halogens is 3. The van der Waals surface area contributed by atoms with E-state index >= 15 is 0 Å². The summed E-state index contributed by atoms with van der Waals surface area (Å²) in [5.41, 5.74) is 1.54. The largest absolute Gasteiger partial charge is 0.354 e. The van der Waals surface area contributed by atoms with Gasteiger partial charge in [-0.25, -0.2) is 4.39 Å². The second-order valence-electron chi connectivity index (χ2n) is 7.41. The molecule has 1 atom stereocenters. The number of thioether (sulfide) groups is 1. The van der Waals surface area contributed by atoms with Crippen molar-refractivity contribution >= 4 is 46.8 Å². The highest BCUT2D eigenvalue weighted by atomic mass is 35.5. The van der Waals surface area contributed by atoms with Crippen molar-refractivity contribution in [3.63, 3.8) is 0 Å². The number of benzene rings is 2. The third kappa shape index (κ3) is 7.98. The van der Waals surface area contributed by atoms with E-state index in [4.69, 9.17) is 23.2 Å². The number of hydrogen-bond donors (Lipinski definition) is 1. The van der Waals surface area contributed by atoms with E-state index in [1.54, 1.807) is 35.2 Å². The summed E-state index contributed by atoms with van der Waals surface area (Å²) in [7, 11) is 0. The van der Waals surface area contributed by atoms with Crippen LogP contribution in [0.3, 0.4) is 0 Å². The number of amides is 2. The molecule has 4 nitrogen and oxygen atoms in total. The fraction of sp³-hybridized carbons (Fsp3) is 0.417. The molecule has 0 radical (unpaired) electrons. The summed E-state index contributed by atoms with van der Waals surface area (Å²) in [6.45, 7) is 4.65. The van der Waals surface area contributed by atoms with E-state index in [2.05, 4.69) is 12.2 Å². The smallest absolute Gasteiger partial charge is 0.242 e. The van der Waals surface area contributed by atoms with E-state index in [1.165, 1.54) is 23.9 Å². The van der Waals surface area contributed by atoms with Crippen LogP contribution in [0.2, 0.25) is 10.0 Å². The van der Waals surface area contributed by atoms with Gasteiger partial charge in [0, 0.05) is 34.5 Å². The molecule has 0 spiro atoms. The number of unbranched alkanes of at least 4 members (excludes halogenated alkanes) is 1. The van der Waals surface area contributed by atoms with Crippen LogP contribution in [0.15, 0.2) is 42.5 Å². The minimum absolute atomic E-state index is 0.147. The summed E-state index contributed by atoms with van der Waals surface area (Å²) in [6, 6.07) is 10.8. The number of nitrogens with zero attached hydrogens (tertiary/aromatic N) is 1. The average Bonchev–Trinajstić information content (AvgIpc) is 2.77. The van der Waals surface area contributed by atoms with Gasteiger partial charge in [-0.2, -0.15) is 0 Å². The van der Waals surface area contributed by atoms with E-state index < -0.39 is 6.04 Å². The van der Waals surface area contributed by atoms with Gasteiger partial charge in [-0.1, -0.05) is 61.7 Å². The Morgan fingerprint density at radius 2 is 1.75 bits per heavy atom. The minimum Gasteiger partial charge on any atom is -0.354 e. The van der Waals surface area contributed by atoms with Gasteiger partial charge in [0.1, 0.15) is 11.9 Å². The van der Waals surface area contributed by atoms with Crippen LogP contribution in [0.4, 0.5) is 4.39 Å². The quantitative estimate of drug-likeness (QED) is 0.360. The summed E-state index contributed by atoms with van der Waals surface area (Å²) in [5.74, 6) is 0.0915. The topological polar surface area (TPSA) is 49.4 Å². The van der Waals surface area contributed by atoms with Crippen molar-refractivity contribution in [3.05, 3.63) is 69.5 Å². The van der Waals surface area contributed by atoms with Crippen molar-refractivity contribution in [2.75, 3.05) is 12.3 Å². The van der Waals surface area contributed by atoms with E-state index in [1.807, 2.05) is 6.92 Å². The van der Waals surface area contributed by atoms with Crippen LogP contribution in [0.25, 0.3) is 0 Å². The minimum atomic E-state index is -0.627. The van der Waals surface area contributed by atoms with Gasteiger partial charge < -0.3 is 10.2 Å². The molecule has 0 saturated heterocycles. The molecule has 2 rings (SSSR count). The molecule has 0 bridgehead atoms. The maximum Gasteiger partial charge on any atom is 0.242 e. The summed E-state index contributed by atoms with van der Waals surface area (Å²) >= 11 is 14.1. The second-order valence-corrected chi connectivity index (χ2v) is 9.21. The Balaban J connectivity index is 2.16. The lowest BCUT2D eigenvalue weighted by atomic mass is 10.1. The van der Waals surface area contributed by atoms with E-state index in [0.29, 0.717) is 34.3 Å². The van der Waals surface area contributed by atoms with Crippen molar-refractivity contribution in [1.29, 1.82) is 0 Å². The van der Waals surface area contributed by atoms with Gasteiger partial charge in [0.15, 0.2) is 0 Å². The van der Waals surface area contributed by atoms with Crippen molar-refractivity contribution in [2.45, 2.75) is 51.4 Å². The Labute approximate surface area is 203 Å². The molecule has 0 heterocycles. The molecule has 2 aromatic rings. The normalized spacial score (nSPS) is 11.8. The molecule has 8 heteroatoms. The summed E-state index contributed by atoms with van der Waals surface area (Å²) in [6.07, 6.45) is 2.31. The lowest BCUT2D eigenvalue weighted by molar-refractivity contribution is -0.139. The van der Waals surface area contributed by atoms with Gasteiger partial charge in [0.05, 0.1) is 5.75 Å². The summed E-state index contributed by atoms with van der Waals surface area (Å²) in [4.78, 5) is 27.7. The number of nitrogens with one attached hydrogen (secondary N) is 1.